The summed E-state index contributed by atoms with van der Waals surface area (Å²) in [6.07, 6.45) is -8.32. The minimum atomic E-state index is -5.07. The molecule has 0 aromatic carbocycles. The van der Waals surface area contributed by atoms with Crippen molar-refractivity contribution in [2.75, 3.05) is 0 Å². The van der Waals surface area contributed by atoms with Crippen LogP contribution in [0.5, 0.6) is 0 Å². The van der Waals surface area contributed by atoms with Crippen molar-refractivity contribution < 1.29 is 26.3 Å². The van der Waals surface area contributed by atoms with E-state index >= 15 is 0 Å². The van der Waals surface area contributed by atoms with Crippen LogP contribution in [0.4, 0.5) is 26.3 Å². The summed E-state index contributed by atoms with van der Waals surface area (Å²) in [5.41, 5.74) is 0.777. The molecule has 1 heterocycles. The van der Waals surface area contributed by atoms with Crippen LogP contribution in [0.1, 0.15) is 23.2 Å². The zero-order chi connectivity index (χ0) is 12.5. The third-order valence-electron chi connectivity index (χ3n) is 1.87. The van der Waals surface area contributed by atoms with Gasteiger partial charge in [-0.05, 0) is 0 Å². The molecule has 2 N–H and O–H groups in total. The van der Waals surface area contributed by atoms with Gasteiger partial charge in [0.15, 0.2) is 5.69 Å². The number of nitrogens with zero attached hydrogens (tertiary/aromatic N) is 1. The minimum absolute atomic E-state index is 0.233. The van der Waals surface area contributed by atoms with E-state index in [4.69, 9.17) is 5.73 Å². The molecule has 0 aliphatic heterocycles. The van der Waals surface area contributed by atoms with E-state index in [-0.39, 0.29) is 6.20 Å². The monoisotopic (exact) mass is 244 g/mol. The number of nitrogens with two attached hydrogens (primary N) is 1. The molecule has 0 aliphatic rings. The van der Waals surface area contributed by atoms with Crippen LogP contribution < -0.4 is 5.73 Å². The molecular formula is C8H6F6N2. The molecule has 0 fully saturated rings. The largest absolute Gasteiger partial charge is 0.433 e. The SMILES string of the molecule is NCc1c(F)cnc(C(F)(F)F)c1C(F)F. The average molecular weight is 244 g/mol. The Morgan fingerprint density at radius 1 is 1.31 bits per heavy atom. The first-order chi connectivity index (χ1) is 7.29. The Morgan fingerprint density at radius 2 is 1.88 bits per heavy atom. The Morgan fingerprint density at radius 3 is 2.25 bits per heavy atom. The second-order valence-corrected chi connectivity index (χ2v) is 2.85. The van der Waals surface area contributed by atoms with E-state index < -0.39 is 41.8 Å². The highest BCUT2D eigenvalue weighted by Gasteiger charge is 2.39. The van der Waals surface area contributed by atoms with Crippen molar-refractivity contribution in [1.29, 1.82) is 0 Å². The molecule has 0 saturated heterocycles. The number of hydrogen-bond donors (Lipinski definition) is 1. The summed E-state index contributed by atoms with van der Waals surface area (Å²) >= 11 is 0. The Balaban J connectivity index is 3.52. The van der Waals surface area contributed by atoms with Gasteiger partial charge < -0.3 is 5.73 Å². The summed E-state index contributed by atoms with van der Waals surface area (Å²) < 4.78 is 74.7. The molecule has 1 aromatic rings. The van der Waals surface area contributed by atoms with Crippen LogP contribution in [0.25, 0.3) is 0 Å². The number of aromatic nitrogens is 1. The van der Waals surface area contributed by atoms with Crippen molar-refractivity contribution in [3.05, 3.63) is 28.8 Å². The number of rotatable bonds is 2. The molecule has 0 spiro atoms. The lowest BCUT2D eigenvalue weighted by atomic mass is 10.1. The molecule has 0 atom stereocenters. The Kier molecular flexibility index (Phi) is 3.41. The molecule has 1 aromatic heterocycles. The fourth-order valence-corrected chi connectivity index (χ4v) is 1.21. The second-order valence-electron chi connectivity index (χ2n) is 2.85. The van der Waals surface area contributed by atoms with Crippen molar-refractivity contribution in [2.24, 2.45) is 5.73 Å². The van der Waals surface area contributed by atoms with E-state index in [2.05, 4.69) is 4.98 Å². The predicted octanol–water partition coefficient (Wildman–Crippen LogP) is 2.64. The van der Waals surface area contributed by atoms with Crippen molar-refractivity contribution in [2.45, 2.75) is 19.1 Å². The van der Waals surface area contributed by atoms with Gasteiger partial charge in [-0.15, -0.1) is 0 Å². The predicted molar refractivity (Wildman–Crippen MR) is 42.0 cm³/mol. The molecule has 2 nitrogen and oxygen atoms in total. The number of alkyl halides is 5. The van der Waals surface area contributed by atoms with Crippen LogP contribution in [0.2, 0.25) is 0 Å². The summed E-state index contributed by atoms with van der Waals surface area (Å²) in [5.74, 6) is -1.27. The molecule has 0 amide bonds. The van der Waals surface area contributed by atoms with Gasteiger partial charge in [0.2, 0.25) is 0 Å². The second kappa shape index (κ2) is 4.28. The van der Waals surface area contributed by atoms with Gasteiger partial charge in [-0.25, -0.2) is 18.2 Å². The first-order valence-electron chi connectivity index (χ1n) is 4.01. The van der Waals surface area contributed by atoms with Crippen LogP contribution in [-0.4, -0.2) is 4.98 Å². The summed E-state index contributed by atoms with van der Waals surface area (Å²) in [5, 5.41) is 0. The Hall–Kier alpha value is -1.31. The molecule has 0 radical (unpaired) electrons. The third-order valence-corrected chi connectivity index (χ3v) is 1.87. The summed E-state index contributed by atoms with van der Waals surface area (Å²) in [6.45, 7) is -0.753. The quantitative estimate of drug-likeness (QED) is 0.812. The normalized spacial score (nSPS) is 12.2. The topological polar surface area (TPSA) is 38.9 Å². The highest BCUT2D eigenvalue weighted by Crippen LogP contribution is 2.37. The summed E-state index contributed by atoms with van der Waals surface area (Å²) in [7, 11) is 0. The number of halogens is 6. The van der Waals surface area contributed by atoms with Gasteiger partial charge in [-0.3, -0.25) is 0 Å². The van der Waals surface area contributed by atoms with E-state index in [1.165, 1.54) is 0 Å². The molecule has 0 unspecified atom stereocenters. The molecule has 16 heavy (non-hydrogen) atoms. The van der Waals surface area contributed by atoms with E-state index in [1.807, 2.05) is 0 Å². The minimum Gasteiger partial charge on any atom is -0.326 e. The highest BCUT2D eigenvalue weighted by atomic mass is 19.4. The molecular weight excluding hydrogens is 238 g/mol. The lowest BCUT2D eigenvalue weighted by Crippen LogP contribution is -2.17. The van der Waals surface area contributed by atoms with Crippen molar-refractivity contribution in [3.8, 4) is 0 Å². The maximum atomic E-state index is 12.9. The third kappa shape index (κ3) is 2.26. The highest BCUT2D eigenvalue weighted by molar-refractivity contribution is 5.34. The first kappa shape index (κ1) is 12.8. The zero-order valence-electron chi connectivity index (χ0n) is 7.65. The molecule has 0 bridgehead atoms. The van der Waals surface area contributed by atoms with Gasteiger partial charge in [0.1, 0.15) is 5.82 Å². The van der Waals surface area contributed by atoms with Gasteiger partial charge in [-0.2, -0.15) is 13.2 Å². The fourth-order valence-electron chi connectivity index (χ4n) is 1.21. The Labute approximate surface area is 86.1 Å². The van der Waals surface area contributed by atoms with Crippen LogP contribution >= 0.6 is 0 Å². The van der Waals surface area contributed by atoms with E-state index in [0.29, 0.717) is 0 Å². The molecule has 8 heteroatoms. The van der Waals surface area contributed by atoms with E-state index in [0.717, 1.165) is 0 Å². The number of pyridine rings is 1. The van der Waals surface area contributed by atoms with Crippen LogP contribution in [0, 0.1) is 5.82 Å². The molecule has 1 rings (SSSR count). The number of hydrogen-bond acceptors (Lipinski definition) is 2. The van der Waals surface area contributed by atoms with Crippen molar-refractivity contribution in [3.63, 3.8) is 0 Å². The van der Waals surface area contributed by atoms with Crippen molar-refractivity contribution in [1.82, 2.24) is 4.98 Å². The summed E-state index contributed by atoms with van der Waals surface area (Å²) in [6, 6.07) is 0. The van der Waals surface area contributed by atoms with E-state index in [9.17, 15) is 26.3 Å². The summed E-state index contributed by atoms with van der Waals surface area (Å²) in [4.78, 5) is 2.64. The van der Waals surface area contributed by atoms with Crippen LogP contribution in [-0.2, 0) is 12.7 Å². The first-order valence-corrected chi connectivity index (χ1v) is 4.01. The lowest BCUT2D eigenvalue weighted by molar-refractivity contribution is -0.143. The maximum Gasteiger partial charge on any atom is 0.433 e. The fraction of sp³-hybridized carbons (Fsp3) is 0.375. The standard InChI is InChI=1S/C8H6F6N2/c9-4-2-16-6(8(12,13)14)5(7(10)11)3(4)1-15/h2,7H,1,15H2. The average Bonchev–Trinajstić information content (AvgIpc) is 2.14. The van der Waals surface area contributed by atoms with Crippen molar-refractivity contribution >= 4 is 0 Å². The van der Waals surface area contributed by atoms with Crippen LogP contribution in [0.3, 0.4) is 0 Å². The maximum absolute atomic E-state index is 12.9. The zero-order valence-corrected chi connectivity index (χ0v) is 7.65. The van der Waals surface area contributed by atoms with E-state index in [1.54, 1.807) is 0 Å². The Bertz CT molecular complexity index is 387. The van der Waals surface area contributed by atoms with Crippen LogP contribution in [0.15, 0.2) is 6.20 Å². The van der Waals surface area contributed by atoms with Gasteiger partial charge in [0, 0.05) is 12.1 Å². The molecule has 90 valence electrons. The van der Waals surface area contributed by atoms with Gasteiger partial charge >= 0.3 is 6.18 Å². The lowest BCUT2D eigenvalue weighted by Gasteiger charge is -2.14. The van der Waals surface area contributed by atoms with Gasteiger partial charge in [0.05, 0.1) is 11.8 Å². The smallest absolute Gasteiger partial charge is 0.326 e. The van der Waals surface area contributed by atoms with Gasteiger partial charge in [-0.1, -0.05) is 0 Å². The van der Waals surface area contributed by atoms with Gasteiger partial charge in [0.25, 0.3) is 6.43 Å². The molecule has 0 saturated carbocycles. The molecule has 0 aliphatic carbocycles.